The average molecular weight is 1070 g/mol. The van der Waals surface area contributed by atoms with Gasteiger partial charge in [0, 0.05) is 31.2 Å². The zero-order valence-corrected chi connectivity index (χ0v) is 42.2. The molecule has 6 N–H and O–H groups in total. The van der Waals surface area contributed by atoms with Gasteiger partial charge in [0.1, 0.15) is 36.6 Å². The molecule has 0 spiro atoms. The van der Waals surface area contributed by atoms with E-state index in [-0.39, 0.29) is 73.7 Å². The van der Waals surface area contributed by atoms with Crippen LogP contribution in [0.4, 0.5) is 11.9 Å². The zero-order valence-electron chi connectivity index (χ0n) is 39.6. The van der Waals surface area contributed by atoms with Gasteiger partial charge in [-0.25, -0.2) is 9.97 Å². The summed E-state index contributed by atoms with van der Waals surface area (Å²) in [6, 6.07) is 21.1. The molecule has 10 rings (SSSR count). The molecule has 26 nitrogen and oxygen atoms in total. The van der Waals surface area contributed by atoms with Gasteiger partial charge < -0.3 is 71.7 Å². The molecular weight excluding hydrogens is 1020 g/mol. The number of rotatable bonds is 25. The number of nitriles is 1. The molecule has 6 aromatic rings. The van der Waals surface area contributed by atoms with Crippen molar-refractivity contribution in [1.82, 2.24) is 39.0 Å². The van der Waals surface area contributed by atoms with Crippen LogP contribution in [0.25, 0.3) is 22.3 Å². The average Bonchev–Trinajstić information content (AvgIpc) is 4.28. The maximum Gasteiger partial charge on any atom is 0.494 e. The standard InChI is InChI=1S/C43H50B2N12O14P2S/c1-49-15-9-17-61-73(65-23-29-33-35(71-45(69-33)27-12-6-3-7-13-27)41(67-29)57-25-51-31-37(57)53-43(48)55-39(31)59)63-19-21-74-20-18-62-72(60-16-8-14-46)64-22-28-32-34(70-44(68-32)26-10-4-2-5-11-26)40(66-28)56-24-50-30-36(56)52-42(47)54-38(30)58/h2-7,10-13,15,24-25,28-29,32-35,40-41H,8-9,16-23H2,1H3,(H3,47,52,54,58)(H3,48,53,55,59)/b49-15-/t28-,29-,32-,33-,34-,35-,40-,41-,72?,73?/m1/s1. The van der Waals surface area contributed by atoms with Crippen LogP contribution in [0.5, 0.6) is 0 Å². The first-order valence-corrected chi connectivity index (χ1v) is 26.8. The van der Waals surface area contributed by atoms with Crippen molar-refractivity contribution in [3.8, 4) is 6.07 Å². The number of hydrogen-bond acceptors (Lipinski definition) is 23. The number of aromatic nitrogens is 8. The monoisotopic (exact) mass is 1070 g/mol. The summed E-state index contributed by atoms with van der Waals surface area (Å²) < 4.78 is 78.7. The lowest BCUT2D eigenvalue weighted by Gasteiger charge is -2.22. The maximum absolute atomic E-state index is 12.7. The number of nitrogens with two attached hydrogens (primary N) is 2. The Balaban J connectivity index is 0.734. The number of benzene rings is 2. The van der Waals surface area contributed by atoms with E-state index in [1.807, 2.05) is 60.7 Å². The first-order valence-electron chi connectivity index (χ1n) is 23.5. The van der Waals surface area contributed by atoms with Crippen LogP contribution in [0, 0.1) is 11.3 Å². The second-order valence-electron chi connectivity index (χ2n) is 16.7. The molecule has 4 aliphatic rings. The van der Waals surface area contributed by atoms with E-state index >= 15 is 0 Å². The van der Waals surface area contributed by atoms with Gasteiger partial charge in [-0.1, -0.05) is 60.7 Å². The summed E-state index contributed by atoms with van der Waals surface area (Å²) in [7, 11) is -3.51. The molecule has 4 aromatic heterocycles. The fraction of sp³-hybridized carbons (Fsp3) is 0.442. The molecule has 31 heteroatoms. The van der Waals surface area contributed by atoms with Gasteiger partial charge in [-0.05, 0) is 10.9 Å². The molecule has 4 aliphatic heterocycles. The molecular formula is C43H50B2N12O14P2S. The Hall–Kier alpha value is -5.24. The Kier molecular flexibility index (Phi) is 17.4. The molecule has 0 amide bonds. The van der Waals surface area contributed by atoms with Crippen LogP contribution in [-0.2, 0) is 55.2 Å². The Labute approximate surface area is 429 Å². The molecule has 0 bridgehead atoms. The number of aliphatic imine (C=N–C) groups is 1. The van der Waals surface area contributed by atoms with Gasteiger partial charge in [-0.3, -0.25) is 28.7 Å². The number of H-pyrrole nitrogens is 2. The maximum atomic E-state index is 12.7. The molecule has 8 heterocycles. The number of hydrogen-bond donors (Lipinski definition) is 4. The lowest BCUT2D eigenvalue weighted by atomic mass is 9.79. The third-order valence-corrected chi connectivity index (χ3v) is 15.1. The molecule has 4 saturated heterocycles. The highest BCUT2D eigenvalue weighted by Gasteiger charge is 2.57. The van der Waals surface area contributed by atoms with Gasteiger partial charge in [0.05, 0.1) is 64.8 Å². The number of nitrogens with zero attached hydrogens (tertiary/aromatic N) is 8. The molecule has 2 aromatic carbocycles. The fourth-order valence-electron chi connectivity index (χ4n) is 8.59. The van der Waals surface area contributed by atoms with Crippen LogP contribution in [-0.4, -0.2) is 154 Å². The van der Waals surface area contributed by atoms with Crippen molar-refractivity contribution in [2.75, 3.05) is 69.7 Å². The quantitative estimate of drug-likeness (QED) is 0.0275. The zero-order chi connectivity index (χ0) is 51.0. The van der Waals surface area contributed by atoms with Gasteiger partial charge in [0.2, 0.25) is 11.9 Å². The molecule has 2 unspecified atom stereocenters. The first kappa shape index (κ1) is 52.2. The SMILES string of the molecule is C/N=C\CCOP(OCCSCCOP(OCCC#N)OC[C@H]1O[C@@H](n2cnc3c(=O)[nH]c(N)nc32)[C@@H]2OB(c3ccccc3)O[C@@H]21)OC[C@H]1O[C@@H](n2cnc3c(=O)[nH]c(N)nc32)[C@@H]2OB(c3ccccc3)O[C@@H]21. The molecule has 74 heavy (non-hydrogen) atoms. The van der Waals surface area contributed by atoms with Crippen LogP contribution in [0.2, 0.25) is 0 Å². The van der Waals surface area contributed by atoms with Gasteiger partial charge >= 0.3 is 31.4 Å². The second-order valence-corrected chi connectivity index (χ2v) is 20.4. The lowest BCUT2D eigenvalue weighted by Crippen LogP contribution is -2.36. The predicted octanol–water partition coefficient (Wildman–Crippen LogP) is 1.86. The Morgan fingerprint density at radius 3 is 1.64 bits per heavy atom. The number of thioether (sulfide) groups is 1. The van der Waals surface area contributed by atoms with E-state index in [2.05, 4.69) is 41.0 Å². The van der Waals surface area contributed by atoms with E-state index in [0.29, 0.717) is 24.5 Å². The third-order valence-electron chi connectivity index (χ3n) is 11.9. The van der Waals surface area contributed by atoms with Crippen molar-refractivity contribution in [3.05, 3.63) is 94.0 Å². The molecule has 10 atom stereocenters. The molecule has 0 aliphatic carbocycles. The molecule has 0 radical (unpaired) electrons. The summed E-state index contributed by atoms with van der Waals surface area (Å²) in [5, 5.41) is 9.24. The van der Waals surface area contributed by atoms with Crippen molar-refractivity contribution < 1.29 is 55.2 Å². The van der Waals surface area contributed by atoms with E-state index in [1.54, 1.807) is 34.2 Å². The van der Waals surface area contributed by atoms with E-state index < -0.39 is 91.6 Å². The second kappa shape index (κ2) is 24.6. The number of anilines is 2. The lowest BCUT2D eigenvalue weighted by molar-refractivity contribution is -0.0556. The fourth-order valence-corrected chi connectivity index (χ4v) is 11.4. The Morgan fingerprint density at radius 1 is 0.703 bits per heavy atom. The topological polar surface area (TPSA) is 326 Å². The van der Waals surface area contributed by atoms with Crippen molar-refractivity contribution in [3.63, 3.8) is 0 Å². The first-order chi connectivity index (χ1) is 36.3. The largest absolute Gasteiger partial charge is 0.494 e. The minimum absolute atomic E-state index is 0.0177. The van der Waals surface area contributed by atoms with Crippen molar-refractivity contribution in [2.45, 2.75) is 61.9 Å². The van der Waals surface area contributed by atoms with Crippen LogP contribution in [0.3, 0.4) is 0 Å². The van der Waals surface area contributed by atoms with Crippen LogP contribution in [0.15, 0.2) is 87.9 Å². The molecule has 0 saturated carbocycles. The van der Waals surface area contributed by atoms with Gasteiger partial charge in [-0.15, -0.1) is 0 Å². The summed E-state index contributed by atoms with van der Waals surface area (Å²) in [5.41, 5.74) is 13.1. The highest BCUT2D eigenvalue weighted by Crippen LogP contribution is 2.46. The van der Waals surface area contributed by atoms with Crippen molar-refractivity contribution in [1.29, 1.82) is 5.26 Å². The van der Waals surface area contributed by atoms with Crippen LogP contribution >= 0.6 is 29.0 Å². The van der Waals surface area contributed by atoms with E-state index in [0.717, 1.165) is 10.9 Å². The predicted molar refractivity (Wildman–Crippen MR) is 272 cm³/mol. The van der Waals surface area contributed by atoms with Gasteiger partial charge in [0.25, 0.3) is 11.1 Å². The summed E-state index contributed by atoms with van der Waals surface area (Å²) in [6.45, 7) is 0.905. The highest BCUT2D eigenvalue weighted by atomic mass is 32.2. The summed E-state index contributed by atoms with van der Waals surface area (Å²) in [4.78, 5) is 51.5. The molecule has 388 valence electrons. The van der Waals surface area contributed by atoms with Crippen LogP contribution in [0.1, 0.15) is 25.3 Å². The number of imidazole rings is 2. The number of fused-ring (bicyclic) bond motifs is 4. The summed E-state index contributed by atoms with van der Waals surface area (Å²) in [5.74, 6) is 0.957. The van der Waals surface area contributed by atoms with E-state index in [9.17, 15) is 14.9 Å². The van der Waals surface area contributed by atoms with Crippen molar-refractivity contribution in [2.24, 2.45) is 4.99 Å². The van der Waals surface area contributed by atoms with Gasteiger partial charge in [-0.2, -0.15) is 27.0 Å². The minimum atomic E-state index is -1.93. The normalized spacial score (nSPS) is 24.3. The number of nitrogens with one attached hydrogen (secondary N) is 2. The highest BCUT2D eigenvalue weighted by molar-refractivity contribution is 7.99. The smallest absolute Gasteiger partial charge is 0.399 e. The summed E-state index contributed by atoms with van der Waals surface area (Å²) in [6.07, 6.45) is -0.103. The van der Waals surface area contributed by atoms with Crippen LogP contribution < -0.4 is 33.5 Å². The Bertz CT molecular complexity index is 3020. The van der Waals surface area contributed by atoms with Crippen molar-refractivity contribution >= 4 is 94.6 Å². The number of aromatic amines is 2. The summed E-state index contributed by atoms with van der Waals surface area (Å²) >= 11 is 1.57. The van der Waals surface area contributed by atoms with E-state index in [4.69, 9.17) is 66.7 Å². The third kappa shape index (κ3) is 11.9. The van der Waals surface area contributed by atoms with E-state index in [1.165, 1.54) is 12.7 Å². The minimum Gasteiger partial charge on any atom is -0.399 e. The molecule has 4 fully saturated rings. The number of ether oxygens (including phenoxy) is 2. The Morgan fingerprint density at radius 2 is 1.16 bits per heavy atom. The number of nitrogen functional groups attached to an aromatic ring is 2. The van der Waals surface area contributed by atoms with Gasteiger partial charge in [0.15, 0.2) is 34.8 Å².